The molecule has 8 nitrogen and oxygen atoms in total. The summed E-state index contributed by atoms with van der Waals surface area (Å²) in [6, 6.07) is 22.0. The van der Waals surface area contributed by atoms with Crippen molar-refractivity contribution in [2.24, 2.45) is 5.92 Å². The number of aromatic nitrogens is 1. The van der Waals surface area contributed by atoms with Crippen molar-refractivity contribution in [1.82, 2.24) is 9.88 Å². The molecule has 0 radical (unpaired) electrons. The predicted octanol–water partition coefficient (Wildman–Crippen LogP) is 6.48. The molecule has 2 aliphatic rings. The SMILES string of the molecule is COc1ccc(-c2csc(CN(C(=O)Cc3ccccc3)C(C(=O)Nc3ccc4c(c3)OCO4)C3CC=CCC3)n2)cc1. The van der Waals surface area contributed by atoms with Crippen molar-refractivity contribution in [2.75, 3.05) is 19.2 Å². The first-order valence-corrected chi connectivity index (χ1v) is 15.2. The average molecular weight is 596 g/mol. The monoisotopic (exact) mass is 595 g/mol. The first-order chi connectivity index (χ1) is 21.1. The number of rotatable bonds is 10. The highest BCUT2D eigenvalue weighted by atomic mass is 32.1. The van der Waals surface area contributed by atoms with E-state index in [9.17, 15) is 9.59 Å². The van der Waals surface area contributed by atoms with Crippen molar-refractivity contribution in [2.45, 2.75) is 38.3 Å². The summed E-state index contributed by atoms with van der Waals surface area (Å²) in [7, 11) is 1.64. The van der Waals surface area contributed by atoms with Gasteiger partial charge >= 0.3 is 0 Å². The van der Waals surface area contributed by atoms with E-state index in [-0.39, 0.29) is 37.5 Å². The zero-order valence-corrected chi connectivity index (χ0v) is 24.7. The summed E-state index contributed by atoms with van der Waals surface area (Å²) in [6.45, 7) is 0.379. The van der Waals surface area contributed by atoms with Crippen LogP contribution in [0, 0.1) is 5.92 Å². The van der Waals surface area contributed by atoms with Crippen LogP contribution in [0.4, 0.5) is 5.69 Å². The fourth-order valence-corrected chi connectivity index (χ4v) is 6.34. The number of thiazole rings is 1. The number of carbonyl (C=O) groups excluding carboxylic acids is 2. The number of allylic oxidation sites excluding steroid dienone is 2. The maximum Gasteiger partial charge on any atom is 0.247 e. The van der Waals surface area contributed by atoms with Gasteiger partial charge in [0.1, 0.15) is 16.8 Å². The van der Waals surface area contributed by atoms with Crippen LogP contribution in [0.25, 0.3) is 11.3 Å². The van der Waals surface area contributed by atoms with Gasteiger partial charge in [-0.1, -0.05) is 42.5 Å². The third-order valence-corrected chi connectivity index (χ3v) is 8.60. The van der Waals surface area contributed by atoms with Crippen LogP contribution in [0.15, 0.2) is 90.3 Å². The molecular formula is C34H33N3O5S. The molecule has 0 spiro atoms. The fourth-order valence-electron chi connectivity index (χ4n) is 5.54. The van der Waals surface area contributed by atoms with Crippen molar-refractivity contribution < 1.29 is 23.8 Å². The molecule has 220 valence electrons. The molecule has 6 rings (SSSR count). The largest absolute Gasteiger partial charge is 0.497 e. The Morgan fingerprint density at radius 3 is 2.63 bits per heavy atom. The summed E-state index contributed by atoms with van der Waals surface area (Å²) in [5, 5.41) is 5.83. The van der Waals surface area contributed by atoms with Gasteiger partial charge in [-0.3, -0.25) is 9.59 Å². The molecule has 3 aromatic carbocycles. The number of anilines is 1. The topological polar surface area (TPSA) is 90.0 Å². The Balaban J connectivity index is 1.31. The number of hydrogen-bond donors (Lipinski definition) is 1. The van der Waals surface area contributed by atoms with Crippen molar-refractivity contribution in [3.05, 3.63) is 101 Å². The minimum atomic E-state index is -0.695. The normalized spacial score (nSPS) is 16.0. The summed E-state index contributed by atoms with van der Waals surface area (Å²) in [4.78, 5) is 34.9. The first-order valence-electron chi connectivity index (χ1n) is 14.3. The highest BCUT2D eigenvalue weighted by Gasteiger charge is 2.37. The van der Waals surface area contributed by atoms with Gasteiger partial charge in [-0.25, -0.2) is 4.98 Å². The number of methoxy groups -OCH3 is 1. The van der Waals surface area contributed by atoms with E-state index in [0.717, 1.165) is 40.4 Å². The van der Waals surface area contributed by atoms with Gasteiger partial charge < -0.3 is 24.4 Å². The van der Waals surface area contributed by atoms with Gasteiger partial charge in [0.15, 0.2) is 11.5 Å². The summed E-state index contributed by atoms with van der Waals surface area (Å²) >= 11 is 1.49. The molecule has 2 atom stereocenters. The van der Waals surface area contributed by atoms with Crippen LogP contribution >= 0.6 is 11.3 Å². The molecule has 0 bridgehead atoms. The van der Waals surface area contributed by atoms with Crippen LogP contribution in [-0.2, 0) is 22.6 Å². The van der Waals surface area contributed by atoms with Gasteiger partial charge in [0.2, 0.25) is 18.6 Å². The summed E-state index contributed by atoms with van der Waals surface area (Å²) in [5.74, 6) is 1.61. The van der Waals surface area contributed by atoms with Crippen LogP contribution in [0.2, 0.25) is 0 Å². The predicted molar refractivity (Wildman–Crippen MR) is 166 cm³/mol. The van der Waals surface area contributed by atoms with Crippen LogP contribution in [0.1, 0.15) is 29.8 Å². The molecule has 0 fully saturated rings. The maximum atomic E-state index is 14.2. The van der Waals surface area contributed by atoms with Crippen LogP contribution in [0.3, 0.4) is 0 Å². The number of amides is 2. The molecule has 0 saturated carbocycles. The minimum Gasteiger partial charge on any atom is -0.497 e. The van der Waals surface area contributed by atoms with Crippen LogP contribution in [0.5, 0.6) is 17.2 Å². The van der Waals surface area contributed by atoms with Crippen LogP contribution in [-0.4, -0.2) is 41.6 Å². The highest BCUT2D eigenvalue weighted by Crippen LogP contribution is 2.35. The molecule has 2 heterocycles. The lowest BCUT2D eigenvalue weighted by Gasteiger charge is -2.36. The van der Waals surface area contributed by atoms with Gasteiger partial charge in [-0.05, 0) is 67.1 Å². The fraction of sp³-hybridized carbons (Fsp3) is 0.265. The van der Waals surface area contributed by atoms with E-state index < -0.39 is 6.04 Å². The standard InChI is InChI=1S/C34H33N3O5S/c1-40-27-15-12-24(13-16-27)28-21-43-31(36-28)20-37(32(38)18-23-8-4-2-5-9-23)33(25-10-6-3-7-11-25)34(39)35-26-14-17-29-30(19-26)42-22-41-29/h2-6,8-9,12-17,19,21,25,33H,7,10-11,18,20,22H2,1H3,(H,35,39). The molecule has 1 N–H and O–H groups in total. The van der Waals surface area contributed by atoms with Gasteiger partial charge in [-0.15, -0.1) is 11.3 Å². The molecule has 0 saturated heterocycles. The lowest BCUT2D eigenvalue weighted by atomic mass is 9.85. The van der Waals surface area contributed by atoms with E-state index >= 15 is 0 Å². The Kier molecular flexibility index (Phi) is 8.70. The smallest absolute Gasteiger partial charge is 0.247 e. The van der Waals surface area contributed by atoms with Gasteiger partial charge in [0.25, 0.3) is 0 Å². The zero-order valence-electron chi connectivity index (χ0n) is 23.9. The first kappa shape index (κ1) is 28.5. The Bertz CT molecular complexity index is 1600. The van der Waals surface area contributed by atoms with Gasteiger partial charge in [0.05, 0.1) is 25.8 Å². The molecule has 9 heteroatoms. The summed E-state index contributed by atoms with van der Waals surface area (Å²) < 4.78 is 16.2. The van der Waals surface area contributed by atoms with E-state index in [4.69, 9.17) is 19.2 Å². The molecular weight excluding hydrogens is 562 g/mol. The number of benzene rings is 3. The quantitative estimate of drug-likeness (QED) is 0.211. The molecule has 2 unspecified atom stereocenters. The van der Waals surface area contributed by atoms with Gasteiger partial charge in [-0.2, -0.15) is 0 Å². The number of nitrogens with one attached hydrogen (secondary N) is 1. The second kappa shape index (κ2) is 13.1. The average Bonchev–Trinajstić information content (AvgIpc) is 3.71. The minimum absolute atomic E-state index is 0.0419. The van der Waals surface area contributed by atoms with Crippen molar-refractivity contribution in [3.63, 3.8) is 0 Å². The van der Waals surface area contributed by atoms with Crippen molar-refractivity contribution in [1.29, 1.82) is 0 Å². The molecule has 4 aromatic rings. The molecule has 43 heavy (non-hydrogen) atoms. The third kappa shape index (κ3) is 6.73. The van der Waals surface area contributed by atoms with E-state index in [1.165, 1.54) is 11.3 Å². The van der Waals surface area contributed by atoms with E-state index in [0.29, 0.717) is 23.6 Å². The Labute approximate surface area is 254 Å². The number of hydrogen-bond acceptors (Lipinski definition) is 7. The molecule has 1 aromatic heterocycles. The summed E-state index contributed by atoms with van der Waals surface area (Å²) in [6.07, 6.45) is 6.82. The highest BCUT2D eigenvalue weighted by molar-refractivity contribution is 7.09. The second-order valence-corrected chi connectivity index (χ2v) is 11.5. The van der Waals surface area contributed by atoms with Crippen molar-refractivity contribution in [3.8, 4) is 28.5 Å². The Hall–Kier alpha value is -4.63. The molecule has 1 aliphatic carbocycles. The maximum absolute atomic E-state index is 14.2. The molecule has 2 amide bonds. The second-order valence-electron chi connectivity index (χ2n) is 10.6. The number of fused-ring (bicyclic) bond motifs is 1. The number of ether oxygens (including phenoxy) is 3. The summed E-state index contributed by atoms with van der Waals surface area (Å²) in [5.41, 5.74) is 3.27. The zero-order chi connectivity index (χ0) is 29.6. The van der Waals surface area contributed by atoms with Gasteiger partial charge in [0, 0.05) is 22.7 Å². The Morgan fingerprint density at radius 2 is 1.86 bits per heavy atom. The number of nitrogens with zero attached hydrogens (tertiary/aromatic N) is 2. The lowest BCUT2D eigenvalue weighted by Crippen LogP contribution is -2.51. The molecule has 1 aliphatic heterocycles. The van der Waals surface area contributed by atoms with Crippen LogP contribution < -0.4 is 19.5 Å². The Morgan fingerprint density at radius 1 is 1.05 bits per heavy atom. The van der Waals surface area contributed by atoms with E-state index in [2.05, 4.69) is 17.5 Å². The van der Waals surface area contributed by atoms with E-state index in [1.807, 2.05) is 60.0 Å². The lowest BCUT2D eigenvalue weighted by molar-refractivity contribution is -0.141. The van der Waals surface area contributed by atoms with Crippen molar-refractivity contribution >= 4 is 28.8 Å². The third-order valence-electron chi connectivity index (χ3n) is 7.76. The number of carbonyl (C=O) groups is 2. The van der Waals surface area contributed by atoms with E-state index in [1.54, 1.807) is 30.2 Å².